The van der Waals surface area contributed by atoms with Crippen molar-refractivity contribution in [2.75, 3.05) is 13.7 Å². The molecule has 1 aromatic heterocycles. The third-order valence-electron chi connectivity index (χ3n) is 3.71. The Morgan fingerprint density at radius 1 is 1.26 bits per heavy atom. The van der Waals surface area contributed by atoms with Gasteiger partial charge in [-0.25, -0.2) is 4.79 Å². The van der Waals surface area contributed by atoms with Crippen LogP contribution in [0.4, 0.5) is 0 Å². The fraction of sp³-hybridized carbons (Fsp3) is 0.500. The van der Waals surface area contributed by atoms with E-state index in [0.29, 0.717) is 5.92 Å². The van der Waals surface area contributed by atoms with Crippen molar-refractivity contribution >= 4 is 11.0 Å². The summed E-state index contributed by atoms with van der Waals surface area (Å²) >= 11 is 0. The van der Waals surface area contributed by atoms with Gasteiger partial charge in [-0.2, -0.15) is 0 Å². The van der Waals surface area contributed by atoms with E-state index in [9.17, 15) is 9.90 Å². The Morgan fingerprint density at radius 3 is 2.53 bits per heavy atom. The standard InChI is InChI=1S/C14H21N3O2/c1-8(2)10(7-18)13(15-3)9-4-5-11-12(6-9)17-14(19)16-11/h4-6,8,10,13,15,18H,7H2,1-3H3,(H2,16,17,19). The first-order chi connectivity index (χ1) is 9.06. The van der Waals surface area contributed by atoms with E-state index >= 15 is 0 Å². The molecule has 0 fully saturated rings. The lowest BCUT2D eigenvalue weighted by molar-refractivity contribution is 0.154. The Balaban J connectivity index is 2.42. The number of hydrogen-bond donors (Lipinski definition) is 4. The first-order valence-electron chi connectivity index (χ1n) is 6.57. The minimum atomic E-state index is -0.198. The number of hydrogen-bond acceptors (Lipinski definition) is 3. The minimum absolute atomic E-state index is 0.0628. The summed E-state index contributed by atoms with van der Waals surface area (Å²) < 4.78 is 0. The van der Waals surface area contributed by atoms with Gasteiger partial charge in [0.05, 0.1) is 11.0 Å². The van der Waals surface area contributed by atoms with Gasteiger partial charge in [0.15, 0.2) is 0 Å². The van der Waals surface area contributed by atoms with E-state index in [-0.39, 0.29) is 24.3 Å². The molecule has 1 aromatic carbocycles. The summed E-state index contributed by atoms with van der Waals surface area (Å²) in [5.41, 5.74) is 2.46. The second-order valence-corrected chi connectivity index (χ2v) is 5.24. The Morgan fingerprint density at radius 2 is 1.95 bits per heavy atom. The number of fused-ring (bicyclic) bond motifs is 1. The number of aromatic amines is 2. The average molecular weight is 263 g/mol. The number of benzene rings is 1. The molecule has 2 aromatic rings. The van der Waals surface area contributed by atoms with Crippen LogP contribution in [0.25, 0.3) is 11.0 Å². The average Bonchev–Trinajstić information content (AvgIpc) is 2.74. The van der Waals surface area contributed by atoms with Gasteiger partial charge in [0.1, 0.15) is 0 Å². The summed E-state index contributed by atoms with van der Waals surface area (Å²) in [6.07, 6.45) is 0. The zero-order valence-corrected chi connectivity index (χ0v) is 11.5. The molecule has 0 saturated heterocycles. The number of aromatic nitrogens is 2. The Hall–Kier alpha value is -1.59. The van der Waals surface area contributed by atoms with Crippen LogP contribution in [0.2, 0.25) is 0 Å². The quantitative estimate of drug-likeness (QED) is 0.658. The largest absolute Gasteiger partial charge is 0.396 e. The molecule has 0 saturated carbocycles. The van der Waals surface area contributed by atoms with Crippen LogP contribution in [0.3, 0.4) is 0 Å². The molecule has 0 bridgehead atoms. The van der Waals surface area contributed by atoms with Crippen molar-refractivity contribution in [3.63, 3.8) is 0 Å². The van der Waals surface area contributed by atoms with E-state index in [2.05, 4.69) is 29.1 Å². The molecule has 104 valence electrons. The lowest BCUT2D eigenvalue weighted by Crippen LogP contribution is -2.31. The monoisotopic (exact) mass is 263 g/mol. The Labute approximate surface area is 112 Å². The highest BCUT2D eigenvalue weighted by atomic mass is 16.3. The topological polar surface area (TPSA) is 80.9 Å². The van der Waals surface area contributed by atoms with E-state index in [1.165, 1.54) is 0 Å². The van der Waals surface area contributed by atoms with E-state index in [4.69, 9.17) is 0 Å². The van der Waals surface area contributed by atoms with Crippen LogP contribution in [0, 0.1) is 11.8 Å². The highest BCUT2D eigenvalue weighted by Crippen LogP contribution is 2.28. The molecule has 0 spiro atoms. The molecule has 2 rings (SSSR count). The number of nitrogens with one attached hydrogen (secondary N) is 3. The maximum Gasteiger partial charge on any atom is 0.323 e. The van der Waals surface area contributed by atoms with E-state index in [0.717, 1.165) is 16.6 Å². The van der Waals surface area contributed by atoms with Crippen molar-refractivity contribution in [1.29, 1.82) is 0 Å². The number of aliphatic hydroxyl groups is 1. The van der Waals surface area contributed by atoms with Gasteiger partial charge in [0.2, 0.25) is 0 Å². The maximum atomic E-state index is 11.3. The highest BCUT2D eigenvalue weighted by Gasteiger charge is 2.24. The third kappa shape index (κ3) is 2.72. The molecule has 0 amide bonds. The molecule has 4 N–H and O–H groups in total. The van der Waals surface area contributed by atoms with Gasteiger partial charge >= 0.3 is 5.69 Å². The van der Waals surface area contributed by atoms with Crippen molar-refractivity contribution in [2.45, 2.75) is 19.9 Å². The molecule has 1 heterocycles. The van der Waals surface area contributed by atoms with Crippen molar-refractivity contribution in [3.8, 4) is 0 Å². The molecule has 5 nitrogen and oxygen atoms in total. The van der Waals surface area contributed by atoms with Gasteiger partial charge in [0, 0.05) is 18.6 Å². The first-order valence-corrected chi connectivity index (χ1v) is 6.57. The molecule has 0 aliphatic carbocycles. The van der Waals surface area contributed by atoms with Crippen molar-refractivity contribution in [3.05, 3.63) is 34.2 Å². The summed E-state index contributed by atoms with van der Waals surface area (Å²) in [7, 11) is 1.89. The summed E-state index contributed by atoms with van der Waals surface area (Å²) in [4.78, 5) is 16.8. The zero-order chi connectivity index (χ0) is 14.0. The van der Waals surface area contributed by atoms with Gasteiger partial charge in [-0.15, -0.1) is 0 Å². The van der Waals surface area contributed by atoms with Crippen molar-refractivity contribution in [1.82, 2.24) is 15.3 Å². The summed E-state index contributed by atoms with van der Waals surface area (Å²) in [5.74, 6) is 0.497. The van der Waals surface area contributed by atoms with Crippen molar-refractivity contribution < 1.29 is 5.11 Å². The maximum absolute atomic E-state index is 11.3. The molecular formula is C14H21N3O2. The van der Waals surface area contributed by atoms with Crippen LogP contribution in [0.15, 0.2) is 23.0 Å². The molecule has 2 atom stereocenters. The second-order valence-electron chi connectivity index (χ2n) is 5.24. The predicted molar refractivity (Wildman–Crippen MR) is 76.1 cm³/mol. The fourth-order valence-corrected chi connectivity index (χ4v) is 2.57. The van der Waals surface area contributed by atoms with Gasteiger partial charge in [-0.1, -0.05) is 19.9 Å². The van der Waals surface area contributed by atoms with Crippen LogP contribution in [0.1, 0.15) is 25.5 Å². The smallest absolute Gasteiger partial charge is 0.323 e. The highest BCUT2D eigenvalue weighted by molar-refractivity contribution is 5.75. The molecule has 19 heavy (non-hydrogen) atoms. The van der Waals surface area contributed by atoms with Gasteiger partial charge in [-0.3, -0.25) is 0 Å². The van der Waals surface area contributed by atoms with Gasteiger partial charge < -0.3 is 20.4 Å². The molecule has 0 aliphatic rings. The normalized spacial score (nSPS) is 15.0. The van der Waals surface area contributed by atoms with Crippen LogP contribution < -0.4 is 11.0 Å². The second kappa shape index (κ2) is 5.59. The van der Waals surface area contributed by atoms with Gasteiger partial charge in [0.25, 0.3) is 0 Å². The van der Waals surface area contributed by atoms with Crippen LogP contribution in [-0.2, 0) is 0 Å². The fourth-order valence-electron chi connectivity index (χ4n) is 2.57. The molecule has 5 heteroatoms. The predicted octanol–water partition coefficient (Wildman–Crippen LogP) is 1.38. The zero-order valence-electron chi connectivity index (χ0n) is 11.5. The number of rotatable bonds is 5. The van der Waals surface area contributed by atoms with Crippen LogP contribution >= 0.6 is 0 Å². The Bertz CT molecular complexity index is 600. The molecule has 0 radical (unpaired) electrons. The lowest BCUT2D eigenvalue weighted by Gasteiger charge is -2.28. The molecule has 2 unspecified atom stereocenters. The van der Waals surface area contributed by atoms with E-state index in [1.54, 1.807) is 0 Å². The summed E-state index contributed by atoms with van der Waals surface area (Å²) in [6.45, 7) is 4.33. The Kier molecular flexibility index (Phi) is 4.07. The summed E-state index contributed by atoms with van der Waals surface area (Å²) in [5, 5.41) is 12.8. The number of imidazole rings is 1. The number of aliphatic hydroxyl groups excluding tert-OH is 1. The lowest BCUT2D eigenvalue weighted by atomic mass is 9.85. The SMILES string of the molecule is CNC(c1ccc2[nH]c(=O)[nH]c2c1)C(CO)C(C)C. The van der Waals surface area contributed by atoms with E-state index < -0.39 is 0 Å². The summed E-state index contributed by atoms with van der Waals surface area (Å²) in [6, 6.07) is 5.90. The van der Waals surface area contributed by atoms with Gasteiger partial charge in [-0.05, 0) is 30.7 Å². The molecular weight excluding hydrogens is 242 g/mol. The minimum Gasteiger partial charge on any atom is -0.396 e. The molecule has 0 aliphatic heterocycles. The van der Waals surface area contributed by atoms with Crippen LogP contribution in [-0.4, -0.2) is 28.7 Å². The third-order valence-corrected chi connectivity index (χ3v) is 3.71. The van der Waals surface area contributed by atoms with E-state index in [1.807, 2.05) is 25.2 Å². The van der Waals surface area contributed by atoms with Crippen LogP contribution in [0.5, 0.6) is 0 Å². The number of H-pyrrole nitrogens is 2. The van der Waals surface area contributed by atoms with Crippen molar-refractivity contribution in [2.24, 2.45) is 11.8 Å². The first kappa shape index (κ1) is 13.8.